The maximum Gasteiger partial charge on any atom is 0.165 e. The molecular formula is C14H19FO2. The number of benzene rings is 1. The van der Waals surface area contributed by atoms with E-state index in [4.69, 9.17) is 4.74 Å². The van der Waals surface area contributed by atoms with Crippen LogP contribution in [0.5, 0.6) is 0 Å². The predicted octanol–water partition coefficient (Wildman–Crippen LogP) is 3.21. The summed E-state index contributed by atoms with van der Waals surface area (Å²) >= 11 is 0. The first-order chi connectivity index (χ1) is 8.13. The van der Waals surface area contributed by atoms with Crippen molar-refractivity contribution < 1.29 is 14.2 Å². The molecule has 1 aliphatic heterocycles. The summed E-state index contributed by atoms with van der Waals surface area (Å²) in [4.78, 5) is 0. The smallest absolute Gasteiger partial charge is 0.165 e. The van der Waals surface area contributed by atoms with Gasteiger partial charge in [-0.25, -0.2) is 4.39 Å². The van der Waals surface area contributed by atoms with Gasteiger partial charge in [-0.1, -0.05) is 25.5 Å². The van der Waals surface area contributed by atoms with E-state index in [0.717, 1.165) is 18.4 Å². The highest BCUT2D eigenvalue weighted by Crippen LogP contribution is 2.34. The van der Waals surface area contributed by atoms with Gasteiger partial charge >= 0.3 is 0 Å². The van der Waals surface area contributed by atoms with Crippen molar-refractivity contribution in [1.29, 1.82) is 0 Å². The monoisotopic (exact) mass is 238 g/mol. The van der Waals surface area contributed by atoms with Crippen LogP contribution in [-0.4, -0.2) is 17.5 Å². The van der Waals surface area contributed by atoms with E-state index in [-0.39, 0.29) is 11.7 Å². The van der Waals surface area contributed by atoms with Crippen LogP contribution in [0.1, 0.15) is 44.1 Å². The van der Waals surface area contributed by atoms with Crippen LogP contribution in [-0.2, 0) is 4.74 Å². The Balaban J connectivity index is 1.97. The van der Waals surface area contributed by atoms with Gasteiger partial charge in [0.1, 0.15) is 5.82 Å². The fourth-order valence-electron chi connectivity index (χ4n) is 2.40. The average molecular weight is 238 g/mol. The molecule has 94 valence electrons. The Morgan fingerprint density at radius 2 is 2.12 bits per heavy atom. The van der Waals surface area contributed by atoms with Crippen LogP contribution in [0.15, 0.2) is 24.3 Å². The molecular weight excluding hydrogens is 219 g/mol. The SMILES string of the molecule is CCC[C@]1(O)CC[C@H](c2ccc(F)cc2)CO1. The quantitative estimate of drug-likeness (QED) is 0.876. The van der Waals surface area contributed by atoms with Crippen LogP contribution in [0.2, 0.25) is 0 Å². The molecule has 0 aliphatic carbocycles. The van der Waals surface area contributed by atoms with Gasteiger partial charge in [-0.05, 0) is 24.1 Å². The molecule has 2 rings (SSSR count). The molecule has 1 aliphatic rings. The highest BCUT2D eigenvalue weighted by Gasteiger charge is 2.33. The van der Waals surface area contributed by atoms with E-state index in [1.165, 1.54) is 12.1 Å². The van der Waals surface area contributed by atoms with Crippen molar-refractivity contribution in [2.45, 2.75) is 44.3 Å². The summed E-state index contributed by atoms with van der Waals surface area (Å²) in [6.45, 7) is 2.55. The molecule has 17 heavy (non-hydrogen) atoms. The van der Waals surface area contributed by atoms with Crippen molar-refractivity contribution >= 4 is 0 Å². The predicted molar refractivity (Wildman–Crippen MR) is 64.2 cm³/mol. The highest BCUT2D eigenvalue weighted by molar-refractivity contribution is 5.21. The standard InChI is InChI=1S/C14H19FO2/c1-2-8-14(16)9-7-12(10-17-14)11-3-5-13(15)6-4-11/h3-6,12,16H,2,7-10H2,1H3/t12-,14+/m0/s1. The fraction of sp³-hybridized carbons (Fsp3) is 0.571. The minimum Gasteiger partial charge on any atom is -0.365 e. The Morgan fingerprint density at radius 3 is 2.65 bits per heavy atom. The lowest BCUT2D eigenvalue weighted by Crippen LogP contribution is -2.38. The second kappa shape index (κ2) is 5.15. The number of ether oxygens (including phenoxy) is 1. The lowest BCUT2D eigenvalue weighted by Gasteiger charge is -2.36. The van der Waals surface area contributed by atoms with E-state index in [1.54, 1.807) is 12.1 Å². The van der Waals surface area contributed by atoms with Crippen LogP contribution in [0, 0.1) is 5.82 Å². The maximum absolute atomic E-state index is 12.8. The van der Waals surface area contributed by atoms with Crippen molar-refractivity contribution in [2.24, 2.45) is 0 Å². The highest BCUT2D eigenvalue weighted by atomic mass is 19.1. The van der Waals surface area contributed by atoms with Crippen molar-refractivity contribution in [2.75, 3.05) is 6.61 Å². The zero-order valence-corrected chi connectivity index (χ0v) is 10.2. The minimum absolute atomic E-state index is 0.215. The van der Waals surface area contributed by atoms with Crippen LogP contribution < -0.4 is 0 Å². The lowest BCUT2D eigenvalue weighted by molar-refractivity contribution is -0.232. The third-order valence-electron chi connectivity index (χ3n) is 3.42. The van der Waals surface area contributed by atoms with Crippen LogP contribution in [0.4, 0.5) is 4.39 Å². The maximum atomic E-state index is 12.8. The summed E-state index contributed by atoms with van der Waals surface area (Å²) in [5, 5.41) is 10.1. The molecule has 1 N–H and O–H groups in total. The molecule has 0 spiro atoms. The topological polar surface area (TPSA) is 29.5 Å². The molecule has 2 atom stereocenters. The zero-order valence-electron chi connectivity index (χ0n) is 10.2. The van der Waals surface area contributed by atoms with Crippen molar-refractivity contribution in [3.63, 3.8) is 0 Å². The van der Waals surface area contributed by atoms with Crippen LogP contribution in [0.25, 0.3) is 0 Å². The van der Waals surface area contributed by atoms with Gasteiger partial charge in [0.25, 0.3) is 0 Å². The normalized spacial score (nSPS) is 29.2. The summed E-state index contributed by atoms with van der Waals surface area (Å²) in [5.41, 5.74) is 1.09. The van der Waals surface area contributed by atoms with E-state index in [1.807, 2.05) is 6.92 Å². The van der Waals surface area contributed by atoms with E-state index < -0.39 is 5.79 Å². The third kappa shape index (κ3) is 3.05. The van der Waals surface area contributed by atoms with Gasteiger partial charge in [-0.3, -0.25) is 0 Å². The Labute approximate surface area is 101 Å². The first kappa shape index (κ1) is 12.5. The Morgan fingerprint density at radius 1 is 1.41 bits per heavy atom. The van der Waals surface area contributed by atoms with Gasteiger partial charge in [0.05, 0.1) is 6.61 Å². The van der Waals surface area contributed by atoms with Crippen LogP contribution in [0.3, 0.4) is 0 Å². The number of hydrogen-bond donors (Lipinski definition) is 1. The third-order valence-corrected chi connectivity index (χ3v) is 3.42. The summed E-state index contributed by atoms with van der Waals surface area (Å²) in [6.07, 6.45) is 3.14. The molecule has 1 saturated heterocycles. The molecule has 0 bridgehead atoms. The summed E-state index contributed by atoms with van der Waals surface area (Å²) in [5.74, 6) is -0.883. The average Bonchev–Trinajstić information content (AvgIpc) is 2.31. The van der Waals surface area contributed by atoms with Gasteiger partial charge in [0.15, 0.2) is 5.79 Å². The van der Waals surface area contributed by atoms with Crippen molar-refractivity contribution in [1.82, 2.24) is 0 Å². The van der Waals surface area contributed by atoms with E-state index in [9.17, 15) is 9.50 Å². The van der Waals surface area contributed by atoms with E-state index in [2.05, 4.69) is 0 Å². The Bertz CT molecular complexity index is 353. The molecule has 0 amide bonds. The number of halogens is 1. The van der Waals surface area contributed by atoms with Crippen molar-refractivity contribution in [3.8, 4) is 0 Å². The minimum atomic E-state index is -0.939. The summed E-state index contributed by atoms with van der Waals surface area (Å²) in [7, 11) is 0. The molecule has 3 heteroatoms. The second-order valence-electron chi connectivity index (χ2n) is 4.79. The molecule has 0 saturated carbocycles. The van der Waals surface area contributed by atoms with Gasteiger partial charge in [0.2, 0.25) is 0 Å². The van der Waals surface area contributed by atoms with Crippen molar-refractivity contribution in [3.05, 3.63) is 35.6 Å². The van der Waals surface area contributed by atoms with E-state index in [0.29, 0.717) is 19.4 Å². The van der Waals surface area contributed by atoms with Crippen LogP contribution >= 0.6 is 0 Å². The Hall–Kier alpha value is -0.930. The second-order valence-corrected chi connectivity index (χ2v) is 4.79. The molecule has 2 nitrogen and oxygen atoms in total. The molecule has 0 aromatic heterocycles. The summed E-state index contributed by atoms with van der Waals surface area (Å²) in [6, 6.07) is 6.55. The molecule has 0 radical (unpaired) electrons. The van der Waals surface area contributed by atoms with Gasteiger partial charge in [-0.2, -0.15) is 0 Å². The Kier molecular flexibility index (Phi) is 3.79. The van der Waals surface area contributed by atoms with Gasteiger partial charge in [0, 0.05) is 18.8 Å². The fourth-order valence-corrected chi connectivity index (χ4v) is 2.40. The lowest BCUT2D eigenvalue weighted by atomic mass is 9.89. The van der Waals surface area contributed by atoms with Gasteiger partial charge < -0.3 is 9.84 Å². The van der Waals surface area contributed by atoms with Gasteiger partial charge in [-0.15, -0.1) is 0 Å². The summed E-state index contributed by atoms with van der Waals surface area (Å²) < 4.78 is 18.4. The molecule has 0 unspecified atom stereocenters. The van der Waals surface area contributed by atoms with E-state index >= 15 is 0 Å². The number of aliphatic hydroxyl groups is 1. The molecule has 1 aromatic rings. The molecule has 1 fully saturated rings. The molecule has 1 aromatic carbocycles. The number of hydrogen-bond acceptors (Lipinski definition) is 2. The number of rotatable bonds is 3. The first-order valence-electron chi connectivity index (χ1n) is 6.25. The largest absolute Gasteiger partial charge is 0.365 e. The first-order valence-corrected chi connectivity index (χ1v) is 6.25. The zero-order chi connectivity index (χ0) is 12.3. The molecule has 1 heterocycles.